The topological polar surface area (TPSA) is 54.0 Å². The number of benzene rings is 2. The van der Waals surface area contributed by atoms with E-state index in [2.05, 4.69) is 15.6 Å². The Hall–Kier alpha value is -2.99. The molecule has 0 atom stereocenters. The van der Waals surface area contributed by atoms with Gasteiger partial charge in [0.2, 0.25) is 0 Å². The largest absolute Gasteiger partial charge is 0.366 e. The van der Waals surface area contributed by atoms with E-state index in [0.717, 1.165) is 17.7 Å². The molecule has 3 rings (SSSR count). The number of amides is 1. The van der Waals surface area contributed by atoms with Gasteiger partial charge >= 0.3 is 0 Å². The van der Waals surface area contributed by atoms with Gasteiger partial charge < -0.3 is 10.6 Å². The highest BCUT2D eigenvalue weighted by Gasteiger charge is 2.13. The Labute approximate surface area is 153 Å². The fourth-order valence-electron chi connectivity index (χ4n) is 2.26. The third-order valence-electron chi connectivity index (χ3n) is 3.64. The summed E-state index contributed by atoms with van der Waals surface area (Å²) in [5, 5.41) is 5.94. The minimum atomic E-state index is -0.843. The van der Waals surface area contributed by atoms with Crippen molar-refractivity contribution in [1.82, 2.24) is 4.98 Å². The molecule has 7 heteroatoms. The minimum Gasteiger partial charge on any atom is -0.366 e. The SMILES string of the molecule is O=C(Nc1c(F)cccc1F)c1ccc(NCc2ccccc2Cl)nc1. The normalized spacial score (nSPS) is 10.4. The summed E-state index contributed by atoms with van der Waals surface area (Å²) in [5.74, 6) is -1.80. The van der Waals surface area contributed by atoms with Gasteiger partial charge in [0.15, 0.2) is 0 Å². The molecule has 0 saturated heterocycles. The molecule has 0 unspecified atom stereocenters. The predicted molar refractivity (Wildman–Crippen MR) is 97.3 cm³/mol. The number of nitrogens with zero attached hydrogens (tertiary/aromatic N) is 1. The molecule has 0 aliphatic rings. The maximum absolute atomic E-state index is 13.6. The first-order valence-corrected chi connectivity index (χ1v) is 8.11. The second kappa shape index (κ2) is 7.93. The Morgan fingerprint density at radius 2 is 1.73 bits per heavy atom. The fraction of sp³-hybridized carbons (Fsp3) is 0.0526. The average molecular weight is 374 g/mol. The molecule has 0 bridgehead atoms. The van der Waals surface area contributed by atoms with Gasteiger partial charge in [-0.05, 0) is 35.9 Å². The van der Waals surface area contributed by atoms with E-state index in [9.17, 15) is 13.6 Å². The van der Waals surface area contributed by atoms with Crippen LogP contribution in [0.3, 0.4) is 0 Å². The van der Waals surface area contributed by atoms with E-state index < -0.39 is 23.2 Å². The lowest BCUT2D eigenvalue weighted by Gasteiger charge is -2.09. The molecule has 0 aliphatic carbocycles. The lowest BCUT2D eigenvalue weighted by Crippen LogP contribution is -2.14. The number of rotatable bonds is 5. The van der Waals surface area contributed by atoms with Crippen LogP contribution < -0.4 is 10.6 Å². The van der Waals surface area contributed by atoms with Gasteiger partial charge in [0.25, 0.3) is 5.91 Å². The Morgan fingerprint density at radius 1 is 1.00 bits per heavy atom. The number of anilines is 2. The van der Waals surface area contributed by atoms with Crippen molar-refractivity contribution < 1.29 is 13.6 Å². The van der Waals surface area contributed by atoms with Crippen LogP contribution in [0.15, 0.2) is 60.8 Å². The zero-order valence-electron chi connectivity index (χ0n) is 13.5. The molecule has 26 heavy (non-hydrogen) atoms. The maximum atomic E-state index is 13.6. The summed E-state index contributed by atoms with van der Waals surface area (Å²) in [6.45, 7) is 0.471. The number of hydrogen-bond donors (Lipinski definition) is 2. The van der Waals surface area contributed by atoms with Gasteiger partial charge in [-0.15, -0.1) is 0 Å². The highest BCUT2D eigenvalue weighted by molar-refractivity contribution is 6.31. The Kier molecular flexibility index (Phi) is 5.43. The molecule has 0 aliphatic heterocycles. The third-order valence-corrected chi connectivity index (χ3v) is 4.01. The van der Waals surface area contributed by atoms with Crippen molar-refractivity contribution in [2.75, 3.05) is 10.6 Å². The van der Waals surface area contributed by atoms with Crippen molar-refractivity contribution >= 4 is 29.0 Å². The molecule has 0 radical (unpaired) electrons. The van der Waals surface area contributed by atoms with Gasteiger partial charge in [-0.25, -0.2) is 13.8 Å². The van der Waals surface area contributed by atoms with Crippen molar-refractivity contribution in [3.63, 3.8) is 0 Å². The first-order chi connectivity index (χ1) is 12.5. The molecule has 1 heterocycles. The highest BCUT2D eigenvalue weighted by Crippen LogP contribution is 2.19. The molecule has 4 nitrogen and oxygen atoms in total. The van der Waals surface area contributed by atoms with Gasteiger partial charge in [0.05, 0.1) is 5.56 Å². The van der Waals surface area contributed by atoms with Crippen LogP contribution in [0.2, 0.25) is 5.02 Å². The smallest absolute Gasteiger partial charge is 0.257 e. The fourth-order valence-corrected chi connectivity index (χ4v) is 2.47. The number of para-hydroxylation sites is 1. The van der Waals surface area contributed by atoms with E-state index in [-0.39, 0.29) is 5.56 Å². The molecule has 0 spiro atoms. The highest BCUT2D eigenvalue weighted by atomic mass is 35.5. The summed E-state index contributed by atoms with van der Waals surface area (Å²) in [6.07, 6.45) is 1.32. The van der Waals surface area contributed by atoms with Gasteiger partial charge in [-0.2, -0.15) is 0 Å². The first kappa shape index (κ1) is 17.8. The van der Waals surface area contributed by atoms with Crippen LogP contribution in [0.5, 0.6) is 0 Å². The Balaban J connectivity index is 1.65. The van der Waals surface area contributed by atoms with Crippen LogP contribution >= 0.6 is 11.6 Å². The lowest BCUT2D eigenvalue weighted by atomic mass is 10.2. The zero-order valence-corrected chi connectivity index (χ0v) is 14.2. The number of halogens is 3. The van der Waals surface area contributed by atoms with E-state index in [1.54, 1.807) is 12.1 Å². The summed E-state index contributed by atoms with van der Waals surface area (Å²) in [7, 11) is 0. The zero-order chi connectivity index (χ0) is 18.5. The van der Waals surface area contributed by atoms with E-state index in [1.165, 1.54) is 18.3 Å². The van der Waals surface area contributed by atoms with Gasteiger partial charge in [-0.1, -0.05) is 35.9 Å². The molecule has 1 amide bonds. The van der Waals surface area contributed by atoms with Crippen LogP contribution in [0, 0.1) is 11.6 Å². The second-order valence-electron chi connectivity index (χ2n) is 5.43. The van der Waals surface area contributed by atoms with Gasteiger partial charge in [-0.3, -0.25) is 4.79 Å². The van der Waals surface area contributed by atoms with Crippen LogP contribution in [-0.4, -0.2) is 10.9 Å². The van der Waals surface area contributed by atoms with Gasteiger partial charge in [0.1, 0.15) is 23.1 Å². The molecule has 1 aromatic heterocycles. The molecule has 0 fully saturated rings. The van der Waals surface area contributed by atoms with E-state index in [0.29, 0.717) is 17.4 Å². The summed E-state index contributed by atoms with van der Waals surface area (Å²) >= 11 is 6.09. The Bertz CT molecular complexity index is 912. The van der Waals surface area contributed by atoms with Gasteiger partial charge in [0, 0.05) is 17.8 Å². The summed E-state index contributed by atoms with van der Waals surface area (Å²) in [6, 6.07) is 13.9. The van der Waals surface area contributed by atoms with Crippen LogP contribution in [0.1, 0.15) is 15.9 Å². The number of hydrogen-bond acceptors (Lipinski definition) is 3. The van der Waals surface area contributed by atoms with Crippen LogP contribution in [-0.2, 0) is 6.54 Å². The summed E-state index contributed by atoms with van der Waals surface area (Å²) < 4.78 is 27.2. The monoisotopic (exact) mass is 373 g/mol. The molecule has 3 aromatic rings. The molecule has 2 aromatic carbocycles. The Morgan fingerprint density at radius 3 is 2.38 bits per heavy atom. The predicted octanol–water partition coefficient (Wildman–Crippen LogP) is 4.88. The minimum absolute atomic E-state index is 0.177. The second-order valence-corrected chi connectivity index (χ2v) is 5.84. The number of carbonyl (C=O) groups is 1. The van der Waals surface area contributed by atoms with Crippen molar-refractivity contribution in [1.29, 1.82) is 0 Å². The lowest BCUT2D eigenvalue weighted by molar-refractivity contribution is 0.102. The maximum Gasteiger partial charge on any atom is 0.257 e. The molecule has 0 saturated carbocycles. The standard InChI is InChI=1S/C19H14ClF2N3O/c20-14-5-2-1-4-12(14)10-23-17-9-8-13(11-24-17)19(26)25-18-15(21)6-3-7-16(18)22/h1-9,11H,10H2,(H,23,24)(H,25,26). The molecule has 2 N–H and O–H groups in total. The molecule has 132 valence electrons. The van der Waals surface area contributed by atoms with Crippen molar-refractivity contribution in [2.24, 2.45) is 0 Å². The number of carbonyl (C=O) groups excluding carboxylic acids is 1. The van der Waals surface area contributed by atoms with Crippen molar-refractivity contribution in [3.05, 3.63) is 88.6 Å². The van der Waals surface area contributed by atoms with E-state index in [1.807, 2.05) is 18.2 Å². The van der Waals surface area contributed by atoms with Crippen LogP contribution in [0.4, 0.5) is 20.3 Å². The van der Waals surface area contributed by atoms with Crippen molar-refractivity contribution in [2.45, 2.75) is 6.54 Å². The molecular formula is C19H14ClF2N3O. The number of pyridine rings is 1. The third kappa shape index (κ3) is 4.15. The van der Waals surface area contributed by atoms with Crippen molar-refractivity contribution in [3.8, 4) is 0 Å². The van der Waals surface area contributed by atoms with Crippen LogP contribution in [0.25, 0.3) is 0 Å². The summed E-state index contributed by atoms with van der Waals surface area (Å²) in [4.78, 5) is 16.3. The average Bonchev–Trinajstić information content (AvgIpc) is 2.64. The van der Waals surface area contributed by atoms with E-state index >= 15 is 0 Å². The quantitative estimate of drug-likeness (QED) is 0.670. The molecular weight excluding hydrogens is 360 g/mol. The first-order valence-electron chi connectivity index (χ1n) is 7.73. The summed E-state index contributed by atoms with van der Waals surface area (Å²) in [5.41, 5.74) is 0.599. The van der Waals surface area contributed by atoms with E-state index in [4.69, 9.17) is 11.6 Å². The number of aromatic nitrogens is 1. The number of nitrogens with one attached hydrogen (secondary N) is 2.